The molecule has 1 aliphatic heterocycles. The van der Waals surface area contributed by atoms with E-state index in [2.05, 4.69) is 5.32 Å². The normalized spacial score (nSPS) is 16.9. The molecule has 0 saturated carbocycles. The minimum absolute atomic E-state index is 0.0744. The van der Waals surface area contributed by atoms with Gasteiger partial charge in [-0.2, -0.15) is 0 Å². The number of piperidine rings is 1. The zero-order valence-electron chi connectivity index (χ0n) is 16.4. The number of benzene rings is 1. The van der Waals surface area contributed by atoms with Crippen molar-refractivity contribution in [2.75, 3.05) is 45.2 Å². The molecule has 2 amide bonds. The Bertz CT molecular complexity index is 660. The Labute approximate surface area is 160 Å². The van der Waals surface area contributed by atoms with Gasteiger partial charge in [-0.3, -0.25) is 19.3 Å². The van der Waals surface area contributed by atoms with E-state index in [1.807, 2.05) is 31.2 Å². The summed E-state index contributed by atoms with van der Waals surface area (Å²) < 4.78 is 5.07. The number of esters is 1. The van der Waals surface area contributed by atoms with Gasteiger partial charge >= 0.3 is 5.97 Å². The molecular formula is C20H29N3O4. The monoisotopic (exact) mass is 375 g/mol. The highest BCUT2D eigenvalue weighted by Gasteiger charge is 2.29. The lowest BCUT2D eigenvalue weighted by atomic mass is 9.98. The first-order chi connectivity index (χ1) is 12.9. The Kier molecular flexibility index (Phi) is 7.79. The molecule has 27 heavy (non-hydrogen) atoms. The molecule has 0 radical (unpaired) electrons. The molecule has 148 valence electrons. The predicted octanol–water partition coefficient (Wildman–Crippen LogP) is 1.67. The Morgan fingerprint density at radius 3 is 2.59 bits per heavy atom. The third kappa shape index (κ3) is 6.67. The molecule has 1 saturated heterocycles. The van der Waals surface area contributed by atoms with Crippen molar-refractivity contribution in [2.24, 2.45) is 5.92 Å². The van der Waals surface area contributed by atoms with E-state index in [0.717, 1.165) is 24.1 Å². The quantitative estimate of drug-likeness (QED) is 0.734. The Balaban J connectivity index is 1.79. The molecule has 1 N–H and O–H groups in total. The first-order valence-corrected chi connectivity index (χ1v) is 9.38. The van der Waals surface area contributed by atoms with E-state index < -0.39 is 0 Å². The van der Waals surface area contributed by atoms with E-state index in [4.69, 9.17) is 4.74 Å². The molecule has 7 nitrogen and oxygen atoms in total. The second-order valence-corrected chi connectivity index (χ2v) is 7.02. The van der Waals surface area contributed by atoms with Crippen LogP contribution in [0.25, 0.3) is 0 Å². The lowest BCUT2D eigenvalue weighted by Gasteiger charge is -2.32. The van der Waals surface area contributed by atoms with Crippen LogP contribution in [0.2, 0.25) is 0 Å². The zero-order valence-corrected chi connectivity index (χ0v) is 16.4. The van der Waals surface area contributed by atoms with Gasteiger partial charge in [-0.05, 0) is 45.9 Å². The maximum Gasteiger partial charge on any atom is 0.310 e. The molecule has 1 heterocycles. The number of carbonyl (C=O) groups is 3. The Hall–Kier alpha value is -2.41. The van der Waals surface area contributed by atoms with Crippen LogP contribution in [0.15, 0.2) is 24.3 Å². The fourth-order valence-electron chi connectivity index (χ4n) is 3.13. The van der Waals surface area contributed by atoms with Gasteiger partial charge in [-0.15, -0.1) is 0 Å². The van der Waals surface area contributed by atoms with Gasteiger partial charge in [0.2, 0.25) is 11.8 Å². The lowest BCUT2D eigenvalue weighted by Crippen LogP contribution is -2.47. The zero-order chi connectivity index (χ0) is 19.8. The molecule has 2 rings (SSSR count). The van der Waals surface area contributed by atoms with Crippen LogP contribution >= 0.6 is 0 Å². The highest BCUT2D eigenvalue weighted by atomic mass is 16.5. The maximum atomic E-state index is 12.5. The van der Waals surface area contributed by atoms with Crippen LogP contribution in [-0.2, 0) is 19.1 Å². The summed E-state index contributed by atoms with van der Waals surface area (Å²) in [6.45, 7) is 5.39. The summed E-state index contributed by atoms with van der Waals surface area (Å²) in [7, 11) is 1.74. The number of anilines is 1. The molecule has 0 bridgehead atoms. The number of amides is 2. The third-order valence-corrected chi connectivity index (χ3v) is 4.55. The van der Waals surface area contributed by atoms with Crippen LogP contribution in [0.4, 0.5) is 5.69 Å². The van der Waals surface area contributed by atoms with Crippen molar-refractivity contribution < 1.29 is 19.1 Å². The average Bonchev–Trinajstić information content (AvgIpc) is 2.63. The van der Waals surface area contributed by atoms with Gasteiger partial charge in [0.15, 0.2) is 0 Å². The third-order valence-electron chi connectivity index (χ3n) is 4.55. The van der Waals surface area contributed by atoms with Gasteiger partial charge in [-0.25, -0.2) is 0 Å². The number of hydrogen-bond donors (Lipinski definition) is 1. The summed E-state index contributed by atoms with van der Waals surface area (Å²) in [5.41, 5.74) is 1.86. The second-order valence-electron chi connectivity index (χ2n) is 7.02. The molecule has 0 unspecified atom stereocenters. The standard InChI is InChI=1S/C20H29N3O4/c1-4-27-20(26)16-6-5-11-23(12-16)19(25)14-22(3)13-18(24)21-17-9-7-15(2)8-10-17/h7-10,16H,4-6,11-14H2,1-3H3,(H,21,24)/t16-/m1/s1. The van der Waals surface area contributed by atoms with E-state index in [-0.39, 0.29) is 36.8 Å². The van der Waals surface area contributed by atoms with Crippen molar-refractivity contribution in [3.63, 3.8) is 0 Å². The highest BCUT2D eigenvalue weighted by Crippen LogP contribution is 2.18. The van der Waals surface area contributed by atoms with Crippen LogP contribution in [0.3, 0.4) is 0 Å². The van der Waals surface area contributed by atoms with Crippen molar-refractivity contribution in [1.82, 2.24) is 9.80 Å². The van der Waals surface area contributed by atoms with E-state index >= 15 is 0 Å². The number of aryl methyl sites for hydroxylation is 1. The summed E-state index contributed by atoms with van der Waals surface area (Å²) in [5, 5.41) is 2.82. The summed E-state index contributed by atoms with van der Waals surface area (Å²) in [6.07, 6.45) is 1.53. The SMILES string of the molecule is CCOC(=O)[C@@H]1CCCN(C(=O)CN(C)CC(=O)Nc2ccc(C)cc2)C1. The van der Waals surface area contributed by atoms with E-state index in [1.165, 1.54) is 0 Å². The van der Waals surface area contributed by atoms with Gasteiger partial charge in [0.1, 0.15) is 0 Å². The first-order valence-electron chi connectivity index (χ1n) is 9.38. The van der Waals surface area contributed by atoms with Gasteiger partial charge in [0, 0.05) is 18.8 Å². The van der Waals surface area contributed by atoms with Gasteiger partial charge in [0.25, 0.3) is 0 Å². The summed E-state index contributed by atoms with van der Waals surface area (Å²) >= 11 is 0. The topological polar surface area (TPSA) is 79.0 Å². The van der Waals surface area contributed by atoms with Gasteiger partial charge < -0.3 is 15.0 Å². The van der Waals surface area contributed by atoms with Crippen molar-refractivity contribution in [3.05, 3.63) is 29.8 Å². The van der Waals surface area contributed by atoms with Crippen LogP contribution < -0.4 is 5.32 Å². The van der Waals surface area contributed by atoms with E-state index in [1.54, 1.807) is 23.8 Å². The minimum Gasteiger partial charge on any atom is -0.466 e. The fraction of sp³-hybridized carbons (Fsp3) is 0.550. The number of rotatable bonds is 7. The molecule has 1 atom stereocenters. The number of carbonyl (C=O) groups excluding carboxylic acids is 3. The number of likely N-dealkylation sites (N-methyl/N-ethyl adjacent to an activating group) is 1. The average molecular weight is 375 g/mol. The fourth-order valence-corrected chi connectivity index (χ4v) is 3.13. The van der Waals surface area contributed by atoms with Crippen LogP contribution in [0, 0.1) is 12.8 Å². The molecular weight excluding hydrogens is 346 g/mol. The number of hydrogen-bond acceptors (Lipinski definition) is 5. The molecule has 0 spiro atoms. The van der Waals surface area contributed by atoms with E-state index in [0.29, 0.717) is 19.7 Å². The molecule has 1 aromatic carbocycles. The van der Waals surface area contributed by atoms with Crippen LogP contribution in [0.1, 0.15) is 25.3 Å². The second kappa shape index (κ2) is 10.1. The molecule has 0 aliphatic carbocycles. The Morgan fingerprint density at radius 2 is 1.93 bits per heavy atom. The summed E-state index contributed by atoms with van der Waals surface area (Å²) in [5.74, 6) is -0.731. The van der Waals surface area contributed by atoms with Crippen LogP contribution in [0.5, 0.6) is 0 Å². The minimum atomic E-state index is -0.252. The molecule has 7 heteroatoms. The maximum absolute atomic E-state index is 12.5. The first kappa shape index (κ1) is 20.9. The van der Waals surface area contributed by atoms with E-state index in [9.17, 15) is 14.4 Å². The summed E-state index contributed by atoms with van der Waals surface area (Å²) in [4.78, 5) is 39.9. The molecule has 1 aromatic rings. The lowest BCUT2D eigenvalue weighted by molar-refractivity contribution is -0.151. The number of nitrogens with one attached hydrogen (secondary N) is 1. The van der Waals surface area contributed by atoms with Crippen LogP contribution in [-0.4, -0.2) is 67.4 Å². The number of nitrogens with zero attached hydrogens (tertiary/aromatic N) is 2. The summed E-state index contributed by atoms with van der Waals surface area (Å²) in [6, 6.07) is 7.56. The number of ether oxygens (including phenoxy) is 1. The van der Waals surface area contributed by atoms with Crippen molar-refractivity contribution in [3.8, 4) is 0 Å². The Morgan fingerprint density at radius 1 is 1.22 bits per heavy atom. The predicted molar refractivity (Wildman–Crippen MR) is 103 cm³/mol. The largest absolute Gasteiger partial charge is 0.466 e. The smallest absolute Gasteiger partial charge is 0.310 e. The van der Waals surface area contributed by atoms with Gasteiger partial charge in [-0.1, -0.05) is 17.7 Å². The number of likely N-dealkylation sites (tertiary alicyclic amines) is 1. The highest BCUT2D eigenvalue weighted by molar-refractivity contribution is 5.92. The van der Waals surface area contributed by atoms with Crippen molar-refractivity contribution in [1.29, 1.82) is 0 Å². The van der Waals surface area contributed by atoms with Crippen molar-refractivity contribution >= 4 is 23.5 Å². The molecule has 0 aromatic heterocycles. The van der Waals surface area contributed by atoms with Gasteiger partial charge in [0.05, 0.1) is 25.6 Å². The van der Waals surface area contributed by atoms with Crippen molar-refractivity contribution in [2.45, 2.75) is 26.7 Å². The molecule has 1 fully saturated rings. The molecule has 1 aliphatic rings.